The average Bonchev–Trinajstić information content (AvgIpc) is 2.38. The Bertz CT molecular complexity index is 755. The van der Waals surface area contributed by atoms with Crippen LogP contribution in [0.3, 0.4) is 0 Å². The zero-order chi connectivity index (χ0) is 13.9. The van der Waals surface area contributed by atoms with E-state index in [1.54, 1.807) is 12.1 Å². The molecule has 6 nitrogen and oxygen atoms in total. The third-order valence-electron chi connectivity index (χ3n) is 2.12. The summed E-state index contributed by atoms with van der Waals surface area (Å²) in [5, 5.41) is 9.01. The third kappa shape index (κ3) is 2.99. The van der Waals surface area contributed by atoms with E-state index >= 15 is 0 Å². The van der Waals surface area contributed by atoms with Gasteiger partial charge in [0.1, 0.15) is 21.9 Å². The summed E-state index contributed by atoms with van der Waals surface area (Å²) in [5.74, 6) is 0.0697. The van der Waals surface area contributed by atoms with Gasteiger partial charge in [0.25, 0.3) is 10.0 Å². The number of nitrogens with zero attached hydrogens (tertiary/aromatic N) is 3. The van der Waals surface area contributed by atoms with Crippen LogP contribution in [0.15, 0.2) is 41.4 Å². The first-order valence-corrected chi connectivity index (χ1v) is 6.89. The lowest BCUT2D eigenvalue weighted by molar-refractivity contribution is 0.600. The molecule has 0 amide bonds. The molecule has 2 aromatic heterocycles. The van der Waals surface area contributed by atoms with Crippen molar-refractivity contribution in [2.24, 2.45) is 0 Å². The Hall–Kier alpha value is -2.17. The van der Waals surface area contributed by atoms with E-state index in [9.17, 15) is 8.42 Å². The maximum absolute atomic E-state index is 12.1. The number of anilines is 1. The minimum absolute atomic E-state index is 0.0697. The fraction of sp³-hybridized carbons (Fsp3) is 0. The van der Waals surface area contributed by atoms with Gasteiger partial charge in [-0.1, -0.05) is 17.7 Å². The van der Waals surface area contributed by atoms with Crippen LogP contribution in [0, 0.1) is 11.3 Å². The Labute approximate surface area is 114 Å². The van der Waals surface area contributed by atoms with Crippen LogP contribution in [0.25, 0.3) is 0 Å². The Morgan fingerprint density at radius 2 is 2.05 bits per heavy atom. The van der Waals surface area contributed by atoms with E-state index in [0.29, 0.717) is 0 Å². The van der Waals surface area contributed by atoms with Gasteiger partial charge in [-0.3, -0.25) is 4.72 Å². The van der Waals surface area contributed by atoms with Gasteiger partial charge in [0, 0.05) is 6.20 Å². The van der Waals surface area contributed by atoms with Crippen molar-refractivity contribution in [2.45, 2.75) is 4.90 Å². The van der Waals surface area contributed by atoms with Crippen molar-refractivity contribution < 1.29 is 8.42 Å². The van der Waals surface area contributed by atoms with E-state index in [2.05, 4.69) is 14.7 Å². The minimum atomic E-state index is -3.93. The first kappa shape index (κ1) is 13.3. The van der Waals surface area contributed by atoms with Crippen LogP contribution in [0.5, 0.6) is 0 Å². The average molecular weight is 295 g/mol. The van der Waals surface area contributed by atoms with Gasteiger partial charge in [0.2, 0.25) is 0 Å². The minimum Gasteiger partial charge on any atom is -0.263 e. The summed E-state index contributed by atoms with van der Waals surface area (Å²) in [6.07, 6.45) is 1.34. The standard InChI is InChI=1S/C11H7ClN4O2S/c12-10-4-1-5-11(15-10)16-19(17,18)9-3-2-6-14-8(9)7-13/h1-6H,(H,15,16). The topological polar surface area (TPSA) is 95.7 Å². The summed E-state index contributed by atoms with van der Waals surface area (Å²) in [7, 11) is -3.93. The van der Waals surface area contributed by atoms with Gasteiger partial charge in [-0.2, -0.15) is 5.26 Å². The molecule has 2 rings (SSSR count). The summed E-state index contributed by atoms with van der Waals surface area (Å²) in [4.78, 5) is 7.30. The summed E-state index contributed by atoms with van der Waals surface area (Å²) in [6.45, 7) is 0. The fourth-order valence-corrected chi connectivity index (χ4v) is 2.62. The summed E-state index contributed by atoms with van der Waals surface area (Å²) >= 11 is 5.67. The number of nitrogens with one attached hydrogen (secondary N) is 1. The number of aromatic nitrogens is 2. The highest BCUT2D eigenvalue weighted by molar-refractivity contribution is 7.92. The van der Waals surface area contributed by atoms with Gasteiger partial charge in [0.05, 0.1) is 0 Å². The molecule has 19 heavy (non-hydrogen) atoms. The van der Waals surface area contributed by atoms with Crippen LogP contribution in [0.2, 0.25) is 5.15 Å². The summed E-state index contributed by atoms with van der Waals surface area (Å²) in [6, 6.07) is 8.97. The van der Waals surface area contributed by atoms with Crippen molar-refractivity contribution in [3.05, 3.63) is 47.4 Å². The largest absolute Gasteiger partial charge is 0.265 e. The van der Waals surface area contributed by atoms with Crippen LogP contribution in [0.1, 0.15) is 5.69 Å². The summed E-state index contributed by atoms with van der Waals surface area (Å²) < 4.78 is 26.5. The number of nitriles is 1. The zero-order valence-electron chi connectivity index (χ0n) is 9.41. The van der Waals surface area contributed by atoms with E-state index in [1.165, 1.54) is 30.5 Å². The van der Waals surface area contributed by atoms with Crippen molar-refractivity contribution in [1.29, 1.82) is 5.26 Å². The van der Waals surface area contributed by atoms with E-state index in [1.807, 2.05) is 0 Å². The van der Waals surface area contributed by atoms with Crippen molar-refractivity contribution in [2.75, 3.05) is 4.72 Å². The molecule has 8 heteroatoms. The molecule has 0 aliphatic carbocycles. The summed E-state index contributed by atoms with van der Waals surface area (Å²) in [5.41, 5.74) is -0.183. The molecule has 0 radical (unpaired) electrons. The monoisotopic (exact) mass is 294 g/mol. The van der Waals surface area contributed by atoms with Crippen LogP contribution in [-0.4, -0.2) is 18.4 Å². The predicted molar refractivity (Wildman–Crippen MR) is 69.0 cm³/mol. The van der Waals surface area contributed by atoms with Crippen molar-refractivity contribution >= 4 is 27.4 Å². The molecule has 0 atom stereocenters. The second kappa shape index (κ2) is 5.22. The van der Waals surface area contributed by atoms with Gasteiger partial charge in [-0.25, -0.2) is 18.4 Å². The van der Waals surface area contributed by atoms with Gasteiger partial charge in [-0.05, 0) is 24.3 Å². The SMILES string of the molecule is N#Cc1ncccc1S(=O)(=O)Nc1cccc(Cl)n1. The van der Waals surface area contributed by atoms with Crippen molar-refractivity contribution in [3.63, 3.8) is 0 Å². The van der Waals surface area contributed by atoms with Crippen LogP contribution >= 0.6 is 11.6 Å². The molecule has 0 aliphatic heterocycles. The van der Waals surface area contributed by atoms with Crippen LogP contribution in [0.4, 0.5) is 5.82 Å². The molecule has 1 N–H and O–H groups in total. The molecule has 0 aromatic carbocycles. The molecule has 0 saturated heterocycles. The highest BCUT2D eigenvalue weighted by Gasteiger charge is 2.19. The Balaban J connectivity index is 2.41. The lowest BCUT2D eigenvalue weighted by Gasteiger charge is -2.07. The maximum Gasteiger partial charge on any atom is 0.265 e. The van der Waals surface area contributed by atoms with Gasteiger partial charge in [-0.15, -0.1) is 0 Å². The smallest absolute Gasteiger partial charge is 0.263 e. The van der Waals surface area contributed by atoms with Crippen molar-refractivity contribution in [3.8, 4) is 6.07 Å². The second-order valence-corrected chi connectivity index (χ2v) is 5.45. The predicted octanol–water partition coefficient (Wildman–Crippen LogP) is 1.80. The second-order valence-electron chi connectivity index (χ2n) is 3.41. The number of halogens is 1. The highest BCUT2D eigenvalue weighted by Crippen LogP contribution is 2.17. The number of rotatable bonds is 3. The Morgan fingerprint density at radius 3 is 2.74 bits per heavy atom. The highest BCUT2D eigenvalue weighted by atomic mass is 35.5. The van der Waals surface area contributed by atoms with E-state index < -0.39 is 10.0 Å². The normalized spacial score (nSPS) is 10.7. The molecule has 2 heterocycles. The maximum atomic E-state index is 12.1. The number of sulfonamides is 1. The van der Waals surface area contributed by atoms with E-state index in [4.69, 9.17) is 16.9 Å². The first-order valence-electron chi connectivity index (χ1n) is 5.03. The molecule has 96 valence electrons. The van der Waals surface area contributed by atoms with Crippen LogP contribution < -0.4 is 4.72 Å². The number of pyridine rings is 2. The first-order chi connectivity index (χ1) is 9.03. The molecule has 0 spiro atoms. The van der Waals surface area contributed by atoms with Gasteiger partial charge < -0.3 is 0 Å². The number of hydrogen-bond donors (Lipinski definition) is 1. The number of hydrogen-bond acceptors (Lipinski definition) is 5. The molecule has 0 aliphatic rings. The lowest BCUT2D eigenvalue weighted by Crippen LogP contribution is -2.15. The van der Waals surface area contributed by atoms with E-state index in [0.717, 1.165) is 0 Å². The molecule has 0 saturated carbocycles. The van der Waals surface area contributed by atoms with Gasteiger partial charge in [0.15, 0.2) is 5.69 Å². The molecule has 0 unspecified atom stereocenters. The van der Waals surface area contributed by atoms with Crippen LogP contribution in [-0.2, 0) is 10.0 Å². The van der Waals surface area contributed by atoms with E-state index in [-0.39, 0.29) is 21.6 Å². The Kier molecular flexibility index (Phi) is 3.64. The molecule has 0 bridgehead atoms. The zero-order valence-corrected chi connectivity index (χ0v) is 11.0. The van der Waals surface area contributed by atoms with Crippen molar-refractivity contribution in [1.82, 2.24) is 9.97 Å². The third-order valence-corrected chi connectivity index (χ3v) is 3.72. The molecular weight excluding hydrogens is 288 g/mol. The molecule has 0 fully saturated rings. The Morgan fingerprint density at radius 1 is 1.26 bits per heavy atom. The molecule has 2 aromatic rings. The quantitative estimate of drug-likeness (QED) is 0.871. The lowest BCUT2D eigenvalue weighted by atomic mass is 10.4. The molecular formula is C11H7ClN4O2S. The van der Waals surface area contributed by atoms with Gasteiger partial charge >= 0.3 is 0 Å². The fourth-order valence-electron chi connectivity index (χ4n) is 1.35.